The highest BCUT2D eigenvalue weighted by atomic mass is 35.5. The van der Waals surface area contributed by atoms with Crippen LogP contribution in [0.4, 0.5) is 5.82 Å². The molecular formula is C15H18ClN5O3. The second-order valence-corrected chi connectivity index (χ2v) is 5.35. The third-order valence-corrected chi connectivity index (χ3v) is 3.46. The summed E-state index contributed by atoms with van der Waals surface area (Å²) in [4.78, 5) is 31.1. The Bertz CT molecular complexity index is 740. The Balaban J connectivity index is 2.08. The topological polar surface area (TPSA) is 116 Å². The van der Waals surface area contributed by atoms with Gasteiger partial charge >= 0.3 is 5.97 Å². The van der Waals surface area contributed by atoms with Crippen LogP contribution < -0.4 is 16.2 Å². The van der Waals surface area contributed by atoms with Crippen LogP contribution in [-0.4, -0.2) is 39.5 Å². The number of carbonyl (C=O) groups excluding carboxylic acids is 1. The Morgan fingerprint density at radius 3 is 2.75 bits per heavy atom. The first kappa shape index (κ1) is 17.9. The van der Waals surface area contributed by atoms with Crippen molar-refractivity contribution in [2.75, 3.05) is 12.0 Å². The third kappa shape index (κ3) is 4.77. The highest BCUT2D eigenvalue weighted by molar-refractivity contribution is 6.28. The number of para-hydroxylation sites is 1. The van der Waals surface area contributed by atoms with Gasteiger partial charge in [-0.1, -0.05) is 19.1 Å². The van der Waals surface area contributed by atoms with E-state index in [4.69, 9.17) is 16.7 Å². The molecule has 9 heteroatoms. The second-order valence-electron chi connectivity index (χ2n) is 5.02. The zero-order valence-corrected chi connectivity index (χ0v) is 13.8. The van der Waals surface area contributed by atoms with Crippen molar-refractivity contribution in [1.82, 2.24) is 20.7 Å². The minimum atomic E-state index is -0.952. The average Bonchev–Trinajstić information content (AvgIpc) is 2.55. The van der Waals surface area contributed by atoms with Gasteiger partial charge in [0.2, 0.25) is 5.28 Å². The van der Waals surface area contributed by atoms with Gasteiger partial charge in [0.05, 0.1) is 11.6 Å². The summed E-state index contributed by atoms with van der Waals surface area (Å²) in [7, 11) is 0. The molecule has 0 saturated heterocycles. The summed E-state index contributed by atoms with van der Waals surface area (Å²) < 4.78 is 0. The van der Waals surface area contributed by atoms with Crippen molar-refractivity contribution in [3.05, 3.63) is 29.5 Å². The Hall–Kier alpha value is -2.45. The molecule has 1 unspecified atom stereocenters. The van der Waals surface area contributed by atoms with E-state index in [2.05, 4.69) is 26.1 Å². The van der Waals surface area contributed by atoms with Crippen molar-refractivity contribution in [3.63, 3.8) is 0 Å². The maximum Gasteiger partial charge on any atom is 0.303 e. The summed E-state index contributed by atoms with van der Waals surface area (Å²) in [5.41, 5.74) is 5.91. The van der Waals surface area contributed by atoms with Gasteiger partial charge in [0.25, 0.3) is 5.91 Å². The van der Waals surface area contributed by atoms with Crippen molar-refractivity contribution in [2.45, 2.75) is 25.8 Å². The van der Waals surface area contributed by atoms with E-state index in [1.807, 2.05) is 19.1 Å². The van der Waals surface area contributed by atoms with Crippen LogP contribution in [0, 0.1) is 0 Å². The van der Waals surface area contributed by atoms with Gasteiger partial charge in [-0.3, -0.25) is 20.4 Å². The fourth-order valence-electron chi connectivity index (χ4n) is 2.19. The molecule has 0 bridgehead atoms. The molecule has 1 aromatic heterocycles. The van der Waals surface area contributed by atoms with Crippen molar-refractivity contribution in [3.8, 4) is 0 Å². The van der Waals surface area contributed by atoms with E-state index in [0.717, 1.165) is 0 Å². The maximum atomic E-state index is 12.2. The molecule has 0 saturated carbocycles. The van der Waals surface area contributed by atoms with Crippen molar-refractivity contribution in [1.29, 1.82) is 0 Å². The number of amides is 1. The van der Waals surface area contributed by atoms with E-state index >= 15 is 0 Å². The SMILES string of the molecule is CCNC(CCC(=O)O)C(=O)NNc1nc(Cl)nc2ccccc12. The molecule has 2 rings (SSSR count). The van der Waals surface area contributed by atoms with E-state index in [1.54, 1.807) is 12.1 Å². The molecule has 0 fully saturated rings. The predicted octanol–water partition coefficient (Wildman–Crippen LogP) is 1.57. The number of carboxylic acids is 1. The number of benzene rings is 1. The standard InChI is InChI=1S/C15H18ClN5O3/c1-2-17-11(7-8-12(22)23)14(24)21-20-13-9-5-3-4-6-10(9)18-15(16)19-13/h3-6,11,17H,2,7-8H2,1H3,(H,21,24)(H,22,23)(H,18,19,20). The summed E-state index contributed by atoms with van der Waals surface area (Å²) in [6.45, 7) is 2.38. The molecule has 0 radical (unpaired) electrons. The zero-order chi connectivity index (χ0) is 17.5. The van der Waals surface area contributed by atoms with E-state index in [-0.39, 0.29) is 24.0 Å². The normalized spacial score (nSPS) is 11.9. The molecule has 0 spiro atoms. The molecule has 1 aromatic carbocycles. The van der Waals surface area contributed by atoms with Crippen LogP contribution in [0.5, 0.6) is 0 Å². The number of hydrogen-bond acceptors (Lipinski definition) is 6. The van der Waals surface area contributed by atoms with Crippen LogP contribution in [0.25, 0.3) is 10.9 Å². The molecule has 0 aliphatic carbocycles. The highest BCUT2D eigenvalue weighted by Gasteiger charge is 2.18. The number of anilines is 1. The van der Waals surface area contributed by atoms with Crippen LogP contribution in [0.1, 0.15) is 19.8 Å². The molecule has 8 nitrogen and oxygen atoms in total. The number of aliphatic carboxylic acids is 1. The summed E-state index contributed by atoms with van der Waals surface area (Å²) in [6.07, 6.45) is 0.0787. The minimum Gasteiger partial charge on any atom is -0.481 e. The van der Waals surface area contributed by atoms with E-state index in [9.17, 15) is 9.59 Å². The van der Waals surface area contributed by atoms with Crippen molar-refractivity contribution < 1.29 is 14.7 Å². The number of carboxylic acid groups (broad SMARTS) is 1. The highest BCUT2D eigenvalue weighted by Crippen LogP contribution is 2.20. The van der Waals surface area contributed by atoms with E-state index in [0.29, 0.717) is 23.3 Å². The van der Waals surface area contributed by atoms with Gasteiger partial charge in [0.15, 0.2) is 5.82 Å². The van der Waals surface area contributed by atoms with E-state index < -0.39 is 12.0 Å². The number of rotatable bonds is 8. The predicted molar refractivity (Wildman–Crippen MR) is 90.6 cm³/mol. The Kier molecular flexibility index (Phi) is 6.28. The van der Waals surface area contributed by atoms with Crippen LogP contribution in [0.3, 0.4) is 0 Å². The molecule has 1 atom stereocenters. The molecule has 4 N–H and O–H groups in total. The monoisotopic (exact) mass is 351 g/mol. The number of hydrogen-bond donors (Lipinski definition) is 4. The maximum absolute atomic E-state index is 12.2. The average molecular weight is 352 g/mol. The van der Waals surface area contributed by atoms with Gasteiger partial charge in [-0.05, 0) is 36.7 Å². The van der Waals surface area contributed by atoms with Gasteiger partial charge < -0.3 is 10.4 Å². The molecule has 128 valence electrons. The lowest BCUT2D eigenvalue weighted by Gasteiger charge is -2.17. The molecule has 0 aliphatic rings. The fraction of sp³-hybridized carbons (Fsp3) is 0.333. The Morgan fingerprint density at radius 2 is 2.04 bits per heavy atom. The quantitative estimate of drug-likeness (QED) is 0.421. The Morgan fingerprint density at radius 1 is 1.29 bits per heavy atom. The molecular weight excluding hydrogens is 334 g/mol. The molecule has 0 aliphatic heterocycles. The Labute approximate surface area is 143 Å². The number of nitrogens with one attached hydrogen (secondary N) is 3. The van der Waals surface area contributed by atoms with E-state index in [1.165, 1.54) is 0 Å². The van der Waals surface area contributed by atoms with Crippen LogP contribution in [-0.2, 0) is 9.59 Å². The van der Waals surface area contributed by atoms with Crippen LogP contribution >= 0.6 is 11.6 Å². The third-order valence-electron chi connectivity index (χ3n) is 3.29. The molecule has 24 heavy (non-hydrogen) atoms. The number of aromatic nitrogens is 2. The van der Waals surface area contributed by atoms with Crippen molar-refractivity contribution in [2.24, 2.45) is 0 Å². The lowest BCUT2D eigenvalue weighted by atomic mass is 10.1. The van der Waals surface area contributed by atoms with Gasteiger partial charge in [-0.2, -0.15) is 4.98 Å². The lowest BCUT2D eigenvalue weighted by molar-refractivity contribution is -0.137. The molecule has 2 aromatic rings. The largest absolute Gasteiger partial charge is 0.481 e. The van der Waals surface area contributed by atoms with Gasteiger partial charge in [0.1, 0.15) is 0 Å². The van der Waals surface area contributed by atoms with Gasteiger partial charge in [-0.25, -0.2) is 4.98 Å². The first-order chi connectivity index (χ1) is 11.5. The molecule has 1 amide bonds. The summed E-state index contributed by atoms with van der Waals surface area (Å²) in [5, 5.41) is 12.5. The number of nitrogens with zero attached hydrogens (tertiary/aromatic N) is 2. The van der Waals surface area contributed by atoms with Crippen molar-refractivity contribution >= 4 is 40.2 Å². The lowest BCUT2D eigenvalue weighted by Crippen LogP contribution is -2.46. The number of fused-ring (bicyclic) bond motifs is 1. The van der Waals surface area contributed by atoms with Gasteiger partial charge in [-0.15, -0.1) is 0 Å². The van der Waals surface area contributed by atoms with Crippen LogP contribution in [0.15, 0.2) is 24.3 Å². The first-order valence-corrected chi connectivity index (χ1v) is 7.82. The smallest absolute Gasteiger partial charge is 0.303 e. The van der Waals surface area contributed by atoms with Crippen LogP contribution in [0.2, 0.25) is 5.28 Å². The summed E-state index contributed by atoms with van der Waals surface area (Å²) in [6, 6.07) is 6.60. The number of likely N-dealkylation sites (N-methyl/N-ethyl adjacent to an activating group) is 1. The van der Waals surface area contributed by atoms with Gasteiger partial charge in [0, 0.05) is 11.8 Å². The summed E-state index contributed by atoms with van der Waals surface area (Å²) >= 11 is 5.88. The second kappa shape index (κ2) is 8.42. The number of hydrazine groups is 1. The number of carbonyl (C=O) groups is 2. The minimum absolute atomic E-state index is 0.0551. The zero-order valence-electron chi connectivity index (χ0n) is 13.0. The fourth-order valence-corrected chi connectivity index (χ4v) is 2.37. The first-order valence-electron chi connectivity index (χ1n) is 7.44. The molecule has 1 heterocycles. The number of halogens is 1. The summed E-state index contributed by atoms with van der Waals surface area (Å²) in [5.74, 6) is -0.961.